The van der Waals surface area contributed by atoms with E-state index in [1.807, 2.05) is 49.0 Å². The standard InChI is InChI=1S/C16H19N3O3S/c1-11(23-16-17-7-8-19(16)2)15(20)18-9-12-10-21-13-5-3-4-6-14(13)22-12/h3-8,11-12H,9-10H2,1-2H3,(H,18,20)/t11-,12-/m0/s1. The predicted molar refractivity (Wildman–Crippen MR) is 87.9 cm³/mol. The first-order chi connectivity index (χ1) is 11.1. The minimum absolute atomic E-state index is 0.0412. The van der Waals surface area contributed by atoms with Crippen LogP contribution in [-0.2, 0) is 11.8 Å². The molecule has 2 atom stereocenters. The number of aryl methyl sites for hydroxylation is 1. The molecule has 23 heavy (non-hydrogen) atoms. The Hall–Kier alpha value is -2.15. The van der Waals surface area contributed by atoms with Crippen molar-refractivity contribution in [2.75, 3.05) is 13.2 Å². The fourth-order valence-corrected chi connectivity index (χ4v) is 3.05. The number of carbonyl (C=O) groups excluding carboxylic acids is 1. The SMILES string of the molecule is C[C@H](Sc1nccn1C)C(=O)NC[C@H]1COc2ccccc2O1. The van der Waals surface area contributed by atoms with Gasteiger partial charge < -0.3 is 19.4 Å². The van der Waals surface area contributed by atoms with Gasteiger partial charge in [-0.3, -0.25) is 4.79 Å². The molecule has 1 aromatic carbocycles. The number of fused-ring (bicyclic) bond motifs is 1. The van der Waals surface area contributed by atoms with Gasteiger partial charge in [-0.2, -0.15) is 0 Å². The second kappa shape index (κ2) is 6.95. The van der Waals surface area contributed by atoms with Gasteiger partial charge >= 0.3 is 0 Å². The van der Waals surface area contributed by atoms with Crippen molar-refractivity contribution in [2.45, 2.75) is 23.4 Å². The second-order valence-electron chi connectivity index (χ2n) is 5.32. The van der Waals surface area contributed by atoms with E-state index < -0.39 is 0 Å². The van der Waals surface area contributed by atoms with Crippen molar-refractivity contribution in [3.8, 4) is 11.5 Å². The Kier molecular flexibility index (Phi) is 4.76. The molecule has 0 fully saturated rings. The van der Waals surface area contributed by atoms with Gasteiger partial charge in [-0.25, -0.2) is 4.98 Å². The average Bonchev–Trinajstić information content (AvgIpc) is 2.97. The minimum atomic E-state index is -0.229. The first-order valence-corrected chi connectivity index (χ1v) is 8.31. The highest BCUT2D eigenvalue weighted by Crippen LogP contribution is 2.30. The Morgan fingerprint density at radius 1 is 1.48 bits per heavy atom. The summed E-state index contributed by atoms with van der Waals surface area (Å²) in [6, 6.07) is 7.54. The molecule has 2 aromatic rings. The molecule has 1 aliphatic heterocycles. The molecule has 0 bridgehead atoms. The Morgan fingerprint density at radius 2 is 2.26 bits per heavy atom. The summed E-state index contributed by atoms with van der Waals surface area (Å²) in [5.74, 6) is 1.42. The first kappa shape index (κ1) is 15.7. The normalized spacial score (nSPS) is 17.6. The third-order valence-electron chi connectivity index (χ3n) is 3.50. The number of nitrogens with zero attached hydrogens (tertiary/aromatic N) is 2. The number of hydrogen-bond acceptors (Lipinski definition) is 5. The molecule has 1 aliphatic rings. The number of para-hydroxylation sites is 2. The van der Waals surface area contributed by atoms with Crippen LogP contribution in [0.4, 0.5) is 0 Å². The molecule has 1 aromatic heterocycles. The molecule has 0 saturated carbocycles. The summed E-state index contributed by atoms with van der Waals surface area (Å²) < 4.78 is 13.4. The zero-order chi connectivity index (χ0) is 16.2. The van der Waals surface area contributed by atoms with Crippen molar-refractivity contribution in [3.63, 3.8) is 0 Å². The molecule has 7 heteroatoms. The van der Waals surface area contributed by atoms with E-state index in [-0.39, 0.29) is 17.3 Å². The zero-order valence-electron chi connectivity index (χ0n) is 13.1. The second-order valence-corrected chi connectivity index (χ2v) is 6.63. The highest BCUT2D eigenvalue weighted by molar-refractivity contribution is 8.00. The average molecular weight is 333 g/mol. The maximum absolute atomic E-state index is 12.2. The van der Waals surface area contributed by atoms with Gasteiger partial charge in [-0.05, 0) is 19.1 Å². The number of carbonyl (C=O) groups is 1. The lowest BCUT2D eigenvalue weighted by Crippen LogP contribution is -2.42. The Bertz CT molecular complexity index is 689. The molecule has 0 spiro atoms. The summed E-state index contributed by atoms with van der Waals surface area (Å²) in [5.41, 5.74) is 0. The summed E-state index contributed by atoms with van der Waals surface area (Å²) >= 11 is 1.43. The van der Waals surface area contributed by atoms with E-state index in [0.29, 0.717) is 18.9 Å². The van der Waals surface area contributed by atoms with E-state index in [1.165, 1.54) is 11.8 Å². The summed E-state index contributed by atoms with van der Waals surface area (Å²) in [5, 5.41) is 3.50. The molecule has 122 valence electrons. The van der Waals surface area contributed by atoms with Crippen LogP contribution in [0.2, 0.25) is 0 Å². The monoisotopic (exact) mass is 333 g/mol. The smallest absolute Gasteiger partial charge is 0.233 e. The topological polar surface area (TPSA) is 65.4 Å². The van der Waals surface area contributed by atoms with E-state index in [1.54, 1.807) is 6.20 Å². The number of benzene rings is 1. The van der Waals surface area contributed by atoms with Gasteiger partial charge in [0.25, 0.3) is 0 Å². The highest BCUT2D eigenvalue weighted by atomic mass is 32.2. The van der Waals surface area contributed by atoms with Gasteiger partial charge in [0.1, 0.15) is 12.7 Å². The Balaban J connectivity index is 1.49. The van der Waals surface area contributed by atoms with Crippen LogP contribution in [0.3, 0.4) is 0 Å². The molecule has 1 N–H and O–H groups in total. The van der Waals surface area contributed by atoms with Crippen molar-refractivity contribution < 1.29 is 14.3 Å². The van der Waals surface area contributed by atoms with Crippen LogP contribution in [0, 0.1) is 0 Å². The van der Waals surface area contributed by atoms with E-state index in [0.717, 1.165) is 10.9 Å². The van der Waals surface area contributed by atoms with Gasteiger partial charge in [0.05, 0.1) is 11.8 Å². The van der Waals surface area contributed by atoms with Gasteiger partial charge in [-0.1, -0.05) is 23.9 Å². The van der Waals surface area contributed by atoms with Gasteiger partial charge in [-0.15, -0.1) is 0 Å². The zero-order valence-corrected chi connectivity index (χ0v) is 13.9. The van der Waals surface area contributed by atoms with E-state index in [2.05, 4.69) is 10.3 Å². The Labute approximate surface area is 139 Å². The number of ether oxygens (including phenoxy) is 2. The van der Waals surface area contributed by atoms with E-state index in [4.69, 9.17) is 9.47 Å². The van der Waals surface area contributed by atoms with Crippen LogP contribution in [0.15, 0.2) is 41.8 Å². The molecular weight excluding hydrogens is 314 g/mol. The van der Waals surface area contributed by atoms with Crippen LogP contribution in [0.5, 0.6) is 11.5 Å². The number of amides is 1. The van der Waals surface area contributed by atoms with Crippen LogP contribution in [0.25, 0.3) is 0 Å². The molecule has 0 aliphatic carbocycles. The maximum Gasteiger partial charge on any atom is 0.233 e. The molecule has 0 unspecified atom stereocenters. The predicted octanol–water partition coefficient (Wildman–Crippen LogP) is 1.86. The number of thioether (sulfide) groups is 1. The number of aromatic nitrogens is 2. The molecule has 2 heterocycles. The third-order valence-corrected chi connectivity index (χ3v) is 4.67. The van der Waals surface area contributed by atoms with Crippen molar-refractivity contribution in [2.24, 2.45) is 7.05 Å². The van der Waals surface area contributed by atoms with Gasteiger partial charge in [0.2, 0.25) is 5.91 Å². The summed E-state index contributed by atoms with van der Waals surface area (Å²) in [6.07, 6.45) is 3.40. The van der Waals surface area contributed by atoms with Gasteiger partial charge in [0, 0.05) is 19.4 Å². The third kappa shape index (κ3) is 3.79. The van der Waals surface area contributed by atoms with Crippen molar-refractivity contribution in [1.29, 1.82) is 0 Å². The van der Waals surface area contributed by atoms with Crippen molar-refractivity contribution >= 4 is 17.7 Å². The minimum Gasteiger partial charge on any atom is -0.486 e. The summed E-state index contributed by atoms with van der Waals surface area (Å²) in [6.45, 7) is 2.71. The molecule has 0 saturated heterocycles. The molecular formula is C16H19N3O3S. The van der Waals surface area contributed by atoms with Crippen molar-refractivity contribution in [3.05, 3.63) is 36.7 Å². The van der Waals surface area contributed by atoms with Crippen LogP contribution in [-0.4, -0.2) is 40.0 Å². The number of rotatable bonds is 5. The molecule has 6 nitrogen and oxygen atoms in total. The van der Waals surface area contributed by atoms with Crippen LogP contribution < -0.4 is 14.8 Å². The summed E-state index contributed by atoms with van der Waals surface area (Å²) in [4.78, 5) is 16.4. The van der Waals surface area contributed by atoms with Crippen LogP contribution >= 0.6 is 11.8 Å². The maximum atomic E-state index is 12.2. The number of hydrogen-bond donors (Lipinski definition) is 1. The van der Waals surface area contributed by atoms with E-state index >= 15 is 0 Å². The largest absolute Gasteiger partial charge is 0.486 e. The lowest BCUT2D eigenvalue weighted by atomic mass is 10.2. The first-order valence-electron chi connectivity index (χ1n) is 7.43. The lowest BCUT2D eigenvalue weighted by molar-refractivity contribution is -0.120. The molecule has 1 amide bonds. The van der Waals surface area contributed by atoms with Crippen molar-refractivity contribution in [1.82, 2.24) is 14.9 Å². The molecule has 3 rings (SSSR count). The lowest BCUT2D eigenvalue weighted by Gasteiger charge is -2.26. The molecule has 0 radical (unpaired) electrons. The summed E-state index contributed by atoms with van der Waals surface area (Å²) in [7, 11) is 1.91. The number of imidazole rings is 1. The fraction of sp³-hybridized carbons (Fsp3) is 0.375. The Morgan fingerprint density at radius 3 is 3.00 bits per heavy atom. The van der Waals surface area contributed by atoms with Crippen LogP contribution in [0.1, 0.15) is 6.92 Å². The highest BCUT2D eigenvalue weighted by Gasteiger charge is 2.23. The quantitative estimate of drug-likeness (QED) is 0.846. The van der Waals surface area contributed by atoms with Gasteiger partial charge in [0.15, 0.2) is 16.7 Å². The number of nitrogens with one attached hydrogen (secondary N) is 1. The van der Waals surface area contributed by atoms with E-state index in [9.17, 15) is 4.79 Å². The fourth-order valence-electron chi connectivity index (χ4n) is 2.20.